The summed E-state index contributed by atoms with van der Waals surface area (Å²) in [6.45, 7) is 12.0. The van der Waals surface area contributed by atoms with Crippen molar-refractivity contribution >= 4 is 46.9 Å². The Morgan fingerprint density at radius 3 is 1.26 bits per heavy atom. The van der Waals surface area contributed by atoms with E-state index in [1.54, 1.807) is 10.4 Å². The second-order valence-electron chi connectivity index (χ2n) is 12.4. The van der Waals surface area contributed by atoms with E-state index in [9.17, 15) is 0 Å². The van der Waals surface area contributed by atoms with Crippen LogP contribution in [0.3, 0.4) is 0 Å². The molecule has 0 N–H and O–H groups in total. The van der Waals surface area contributed by atoms with Crippen molar-refractivity contribution in [1.29, 1.82) is 0 Å². The molecule has 2 aliphatic rings. The molecule has 1 heteroatoms. The van der Waals surface area contributed by atoms with E-state index in [-0.39, 0.29) is 0 Å². The van der Waals surface area contributed by atoms with Crippen molar-refractivity contribution in [2.75, 3.05) is 0 Å². The van der Waals surface area contributed by atoms with Gasteiger partial charge in [0, 0.05) is 11.8 Å². The fourth-order valence-corrected chi connectivity index (χ4v) is 12.1. The van der Waals surface area contributed by atoms with Crippen LogP contribution < -0.4 is 15.6 Å². The Kier molecular flexibility index (Phi) is 6.52. The predicted octanol–water partition coefficient (Wildman–Crippen LogP) is 8.72. The molecule has 0 saturated carbocycles. The Bertz CT molecular complexity index is 1740. The third-order valence-corrected chi connectivity index (χ3v) is 14.6. The first-order chi connectivity index (χ1) is 20.4. The Balaban J connectivity index is 1.47. The number of benzene rings is 5. The molecular weight excluding hydrogens is 521 g/mol. The Hall–Kier alpha value is -4.20. The first-order valence-corrected chi connectivity index (χ1v) is 17.8. The van der Waals surface area contributed by atoms with Crippen LogP contribution in [0.15, 0.2) is 115 Å². The summed E-state index contributed by atoms with van der Waals surface area (Å²) in [6, 6.07) is 43.1. The van der Waals surface area contributed by atoms with Gasteiger partial charge in [0.25, 0.3) is 0 Å². The summed E-state index contributed by atoms with van der Waals surface area (Å²) in [5.41, 5.74) is 14.2. The molecule has 2 unspecified atom stereocenters. The highest BCUT2D eigenvalue weighted by molar-refractivity contribution is 7.11. The van der Waals surface area contributed by atoms with Gasteiger partial charge in [0.1, 0.15) is 8.07 Å². The van der Waals surface area contributed by atoms with Crippen molar-refractivity contribution in [1.82, 2.24) is 0 Å². The maximum absolute atomic E-state index is 2.61. The van der Waals surface area contributed by atoms with Gasteiger partial charge in [-0.1, -0.05) is 136 Å². The lowest BCUT2D eigenvalue weighted by Gasteiger charge is -2.36. The first-order valence-electron chi connectivity index (χ1n) is 15.3. The standard InChI is InChI=1S/C41H38Si/c1-27-21-23-38(40-29(3)36(25-34(27)40)31-15-9-6-10-16-31)42(5,33-19-13-8-14-20-33)39-24-22-28(2)35-26-37(30(4)41(35)39)32-17-11-7-12-18-32/h6-26,29-30H,1-5H3. The topological polar surface area (TPSA) is 0 Å². The number of hydrogen-bond acceptors (Lipinski definition) is 0. The molecule has 0 heterocycles. The molecule has 0 aliphatic heterocycles. The molecule has 0 aromatic heterocycles. The van der Waals surface area contributed by atoms with Crippen molar-refractivity contribution in [3.63, 3.8) is 0 Å². The zero-order chi connectivity index (χ0) is 29.0. The lowest BCUT2D eigenvalue weighted by molar-refractivity contribution is 1.01. The molecule has 0 spiro atoms. The smallest absolute Gasteiger partial charge is 0.0624 e. The predicted molar refractivity (Wildman–Crippen MR) is 185 cm³/mol. The molecule has 206 valence electrons. The first kappa shape index (κ1) is 26.7. The lowest BCUT2D eigenvalue weighted by Crippen LogP contribution is -2.66. The summed E-state index contributed by atoms with van der Waals surface area (Å²) >= 11 is 0. The van der Waals surface area contributed by atoms with Crippen molar-refractivity contribution in [2.24, 2.45) is 0 Å². The highest BCUT2D eigenvalue weighted by Gasteiger charge is 2.43. The Morgan fingerprint density at radius 1 is 0.476 bits per heavy atom. The van der Waals surface area contributed by atoms with Crippen LogP contribution >= 0.6 is 0 Å². The summed E-state index contributed by atoms with van der Waals surface area (Å²) in [4.78, 5) is 0. The van der Waals surface area contributed by atoms with Gasteiger partial charge in [0.2, 0.25) is 0 Å². The lowest BCUT2D eigenvalue weighted by atomic mass is 9.92. The molecule has 0 bridgehead atoms. The quantitative estimate of drug-likeness (QED) is 0.149. The summed E-state index contributed by atoms with van der Waals surface area (Å²) in [7, 11) is -2.45. The second-order valence-corrected chi connectivity index (χ2v) is 16.3. The normalized spacial score (nSPS) is 18.6. The number of fused-ring (bicyclic) bond motifs is 2. The van der Waals surface area contributed by atoms with Crippen LogP contribution in [0.4, 0.5) is 0 Å². The third-order valence-electron chi connectivity index (χ3n) is 10.1. The van der Waals surface area contributed by atoms with Gasteiger partial charge in [-0.3, -0.25) is 0 Å². The monoisotopic (exact) mass is 558 g/mol. The van der Waals surface area contributed by atoms with E-state index in [1.165, 1.54) is 60.8 Å². The van der Waals surface area contributed by atoms with Crippen LogP contribution in [-0.4, -0.2) is 8.07 Å². The summed E-state index contributed by atoms with van der Waals surface area (Å²) < 4.78 is 0. The van der Waals surface area contributed by atoms with Crippen LogP contribution in [0, 0.1) is 13.8 Å². The number of rotatable bonds is 5. The molecule has 7 rings (SSSR count). The molecule has 0 radical (unpaired) electrons. The minimum Gasteiger partial charge on any atom is -0.0624 e. The molecule has 2 aliphatic carbocycles. The molecule has 0 saturated heterocycles. The minimum atomic E-state index is -2.45. The van der Waals surface area contributed by atoms with E-state index in [2.05, 4.69) is 162 Å². The number of hydrogen-bond donors (Lipinski definition) is 0. The van der Waals surface area contributed by atoms with Gasteiger partial charge >= 0.3 is 0 Å². The summed E-state index contributed by atoms with van der Waals surface area (Å²) in [5, 5.41) is 4.58. The van der Waals surface area contributed by atoms with E-state index >= 15 is 0 Å². The van der Waals surface area contributed by atoms with Gasteiger partial charge in [-0.2, -0.15) is 0 Å². The molecule has 5 aromatic carbocycles. The van der Waals surface area contributed by atoms with Gasteiger partial charge in [0.15, 0.2) is 0 Å². The Labute approximate surface area is 252 Å². The molecule has 0 amide bonds. The summed E-state index contributed by atoms with van der Waals surface area (Å²) in [6.07, 6.45) is 4.95. The van der Waals surface area contributed by atoms with E-state index in [1.807, 2.05) is 0 Å². The van der Waals surface area contributed by atoms with Crippen molar-refractivity contribution in [3.05, 3.63) is 160 Å². The fourth-order valence-electron chi connectivity index (χ4n) is 7.71. The molecule has 0 fully saturated rings. The van der Waals surface area contributed by atoms with E-state index in [0.29, 0.717) is 11.8 Å². The van der Waals surface area contributed by atoms with Gasteiger partial charge in [-0.15, -0.1) is 0 Å². The van der Waals surface area contributed by atoms with Crippen LogP contribution in [-0.2, 0) is 0 Å². The van der Waals surface area contributed by atoms with Crippen molar-refractivity contribution in [3.8, 4) is 0 Å². The Morgan fingerprint density at radius 2 is 0.857 bits per heavy atom. The van der Waals surface area contributed by atoms with Gasteiger partial charge < -0.3 is 0 Å². The van der Waals surface area contributed by atoms with Crippen molar-refractivity contribution in [2.45, 2.75) is 46.1 Å². The zero-order valence-corrected chi connectivity index (χ0v) is 26.3. The van der Waals surface area contributed by atoms with E-state index in [0.717, 1.165) is 0 Å². The van der Waals surface area contributed by atoms with Crippen LogP contribution in [0.2, 0.25) is 6.55 Å². The second kappa shape index (κ2) is 10.3. The molecule has 2 atom stereocenters. The maximum atomic E-state index is 2.61. The molecule has 0 nitrogen and oxygen atoms in total. The van der Waals surface area contributed by atoms with Crippen LogP contribution in [0.25, 0.3) is 23.3 Å². The van der Waals surface area contributed by atoms with Gasteiger partial charge in [-0.25, -0.2) is 0 Å². The van der Waals surface area contributed by atoms with Crippen molar-refractivity contribution < 1.29 is 0 Å². The maximum Gasteiger partial charge on any atom is 0.146 e. The SMILES string of the molecule is Cc1ccc([Si](C)(c2ccccc2)c2ccc(C)c3c2C(C)C(c2ccccc2)=C3)c2c1C=C(c1ccccc1)C2C. The molecular formula is C41H38Si. The highest BCUT2D eigenvalue weighted by atomic mass is 28.3. The van der Waals surface area contributed by atoms with Crippen LogP contribution in [0.1, 0.15) is 70.2 Å². The summed E-state index contributed by atoms with van der Waals surface area (Å²) in [5.74, 6) is 0.670. The van der Waals surface area contributed by atoms with E-state index < -0.39 is 8.07 Å². The number of allylic oxidation sites excluding steroid dienone is 2. The average Bonchev–Trinajstić information content (AvgIpc) is 3.57. The molecule has 42 heavy (non-hydrogen) atoms. The third kappa shape index (κ3) is 4.02. The number of aryl methyl sites for hydroxylation is 2. The molecule has 5 aromatic rings. The van der Waals surface area contributed by atoms with Gasteiger partial charge in [0.05, 0.1) is 0 Å². The largest absolute Gasteiger partial charge is 0.146 e. The van der Waals surface area contributed by atoms with E-state index in [4.69, 9.17) is 0 Å². The zero-order valence-electron chi connectivity index (χ0n) is 25.3. The van der Waals surface area contributed by atoms with Crippen LogP contribution in [0.5, 0.6) is 0 Å². The average molecular weight is 559 g/mol. The fraction of sp³-hybridized carbons (Fsp3) is 0.171. The highest BCUT2D eigenvalue weighted by Crippen LogP contribution is 2.45. The van der Waals surface area contributed by atoms with Gasteiger partial charge in [-0.05, 0) is 97.2 Å². The minimum absolute atomic E-state index is 0.335.